The molecule has 2 aromatic carbocycles. The van der Waals surface area contributed by atoms with Crippen molar-refractivity contribution in [3.63, 3.8) is 0 Å². The van der Waals surface area contributed by atoms with E-state index in [1.54, 1.807) is 23.1 Å². The van der Waals surface area contributed by atoms with Gasteiger partial charge in [-0.1, -0.05) is 44.5 Å². The predicted octanol–water partition coefficient (Wildman–Crippen LogP) is 5.13. The van der Waals surface area contributed by atoms with Crippen LogP contribution in [0.15, 0.2) is 47.3 Å². The number of para-hydroxylation sites is 1. The van der Waals surface area contributed by atoms with Crippen molar-refractivity contribution in [2.45, 2.75) is 40.2 Å². The first-order chi connectivity index (χ1) is 14.2. The second-order valence-electron chi connectivity index (χ2n) is 7.70. The first kappa shape index (κ1) is 22.0. The lowest BCUT2D eigenvalue weighted by Gasteiger charge is -2.31. The highest BCUT2D eigenvalue weighted by atomic mass is 35.5. The van der Waals surface area contributed by atoms with Gasteiger partial charge in [-0.2, -0.15) is 0 Å². The molecule has 0 radical (unpaired) electrons. The summed E-state index contributed by atoms with van der Waals surface area (Å²) in [6.45, 7) is 8.25. The molecule has 0 saturated heterocycles. The van der Waals surface area contributed by atoms with Gasteiger partial charge < -0.3 is 4.90 Å². The molecular formula is C23H25ClFN3O2. The SMILES string of the molecule is CCC(=O)N(CC(C)C)C(C)c1nc2ccccc2c(=O)n1-c1ccc(F)c(Cl)c1. The summed E-state index contributed by atoms with van der Waals surface area (Å²) >= 11 is 6.00. The van der Waals surface area contributed by atoms with Crippen LogP contribution in [0.5, 0.6) is 0 Å². The molecule has 0 aliphatic carbocycles. The zero-order valence-corrected chi connectivity index (χ0v) is 18.3. The van der Waals surface area contributed by atoms with Crippen LogP contribution in [0.25, 0.3) is 16.6 Å². The number of nitrogens with zero attached hydrogens (tertiary/aromatic N) is 3. The van der Waals surface area contributed by atoms with E-state index in [4.69, 9.17) is 16.6 Å². The van der Waals surface area contributed by atoms with Gasteiger partial charge in [-0.3, -0.25) is 14.2 Å². The van der Waals surface area contributed by atoms with E-state index < -0.39 is 11.9 Å². The van der Waals surface area contributed by atoms with Gasteiger partial charge in [-0.25, -0.2) is 9.37 Å². The number of carbonyl (C=O) groups excluding carboxylic acids is 1. The number of fused-ring (bicyclic) bond motifs is 1. The fourth-order valence-corrected chi connectivity index (χ4v) is 3.69. The zero-order chi connectivity index (χ0) is 22.0. The van der Waals surface area contributed by atoms with E-state index >= 15 is 0 Å². The number of halogens is 2. The Morgan fingerprint density at radius 1 is 1.20 bits per heavy atom. The van der Waals surface area contributed by atoms with Crippen molar-refractivity contribution in [3.05, 3.63) is 69.5 Å². The molecule has 1 unspecified atom stereocenters. The van der Waals surface area contributed by atoms with Crippen LogP contribution in [0, 0.1) is 11.7 Å². The molecule has 7 heteroatoms. The average Bonchev–Trinajstić information content (AvgIpc) is 2.73. The lowest BCUT2D eigenvalue weighted by atomic mass is 10.1. The molecule has 0 aliphatic rings. The molecule has 30 heavy (non-hydrogen) atoms. The Balaban J connectivity index is 2.30. The maximum Gasteiger partial charge on any atom is 0.266 e. The van der Waals surface area contributed by atoms with Gasteiger partial charge in [-0.05, 0) is 43.2 Å². The molecule has 158 valence electrons. The van der Waals surface area contributed by atoms with E-state index in [9.17, 15) is 14.0 Å². The third-order valence-electron chi connectivity index (χ3n) is 4.99. The van der Waals surface area contributed by atoms with Crippen LogP contribution < -0.4 is 5.56 Å². The molecule has 1 amide bonds. The summed E-state index contributed by atoms with van der Waals surface area (Å²) in [6.07, 6.45) is 0.344. The van der Waals surface area contributed by atoms with Gasteiger partial charge in [0.05, 0.1) is 27.7 Å². The maximum absolute atomic E-state index is 13.8. The van der Waals surface area contributed by atoms with Crippen molar-refractivity contribution in [1.82, 2.24) is 14.5 Å². The van der Waals surface area contributed by atoms with E-state index in [1.807, 2.05) is 33.8 Å². The summed E-state index contributed by atoms with van der Waals surface area (Å²) in [5.74, 6) is 0.0503. The largest absolute Gasteiger partial charge is 0.333 e. The standard InChI is InChI=1S/C23H25ClFN3O2/c1-5-21(29)27(13-14(2)3)15(4)22-26-20-9-7-6-8-17(20)23(30)28(22)16-10-11-19(25)18(24)12-16/h6-12,14-15H,5,13H2,1-4H3. The summed E-state index contributed by atoms with van der Waals surface area (Å²) in [7, 11) is 0. The molecule has 0 bridgehead atoms. The van der Waals surface area contributed by atoms with Gasteiger partial charge in [-0.15, -0.1) is 0 Å². The lowest BCUT2D eigenvalue weighted by Crippen LogP contribution is -2.39. The molecule has 3 rings (SSSR count). The molecule has 0 aliphatic heterocycles. The summed E-state index contributed by atoms with van der Waals surface area (Å²) in [4.78, 5) is 32.6. The van der Waals surface area contributed by atoms with E-state index in [-0.39, 0.29) is 22.4 Å². The Bertz CT molecular complexity index is 1140. The van der Waals surface area contributed by atoms with Crippen molar-refractivity contribution >= 4 is 28.4 Å². The van der Waals surface area contributed by atoms with Gasteiger partial charge >= 0.3 is 0 Å². The van der Waals surface area contributed by atoms with Crippen LogP contribution in [-0.4, -0.2) is 26.9 Å². The minimum absolute atomic E-state index is 0.0257. The zero-order valence-electron chi connectivity index (χ0n) is 17.5. The molecular weight excluding hydrogens is 405 g/mol. The maximum atomic E-state index is 13.8. The van der Waals surface area contributed by atoms with Crippen LogP contribution >= 0.6 is 11.6 Å². The summed E-state index contributed by atoms with van der Waals surface area (Å²) in [5.41, 5.74) is 0.653. The van der Waals surface area contributed by atoms with Gasteiger partial charge in [0.2, 0.25) is 5.91 Å². The Morgan fingerprint density at radius 3 is 2.53 bits per heavy atom. The van der Waals surface area contributed by atoms with Crippen molar-refractivity contribution < 1.29 is 9.18 Å². The second-order valence-corrected chi connectivity index (χ2v) is 8.10. The summed E-state index contributed by atoms with van der Waals surface area (Å²) in [5, 5.41) is 0.348. The molecule has 5 nitrogen and oxygen atoms in total. The van der Waals surface area contributed by atoms with Gasteiger partial charge in [0.25, 0.3) is 5.56 Å². The summed E-state index contributed by atoms with van der Waals surface area (Å²) < 4.78 is 15.2. The number of benzene rings is 2. The second kappa shape index (κ2) is 8.96. The van der Waals surface area contributed by atoms with Crippen LogP contribution in [0.3, 0.4) is 0 Å². The Morgan fingerprint density at radius 2 is 1.90 bits per heavy atom. The first-order valence-corrected chi connectivity index (χ1v) is 10.4. The number of hydrogen-bond donors (Lipinski definition) is 0. The highest BCUT2D eigenvalue weighted by Crippen LogP contribution is 2.26. The van der Waals surface area contributed by atoms with Gasteiger partial charge in [0, 0.05) is 13.0 Å². The minimum Gasteiger partial charge on any atom is -0.333 e. The van der Waals surface area contributed by atoms with Crippen molar-refractivity contribution in [2.75, 3.05) is 6.54 Å². The topological polar surface area (TPSA) is 55.2 Å². The number of hydrogen-bond acceptors (Lipinski definition) is 3. The number of rotatable bonds is 6. The van der Waals surface area contributed by atoms with Crippen molar-refractivity contribution in [3.8, 4) is 5.69 Å². The lowest BCUT2D eigenvalue weighted by molar-refractivity contribution is -0.133. The van der Waals surface area contributed by atoms with E-state index in [0.717, 1.165) is 0 Å². The monoisotopic (exact) mass is 429 g/mol. The molecule has 3 aromatic rings. The van der Waals surface area contributed by atoms with Gasteiger partial charge in [0.1, 0.15) is 11.6 Å². The molecule has 0 spiro atoms. The highest BCUT2D eigenvalue weighted by molar-refractivity contribution is 6.30. The van der Waals surface area contributed by atoms with Crippen molar-refractivity contribution in [1.29, 1.82) is 0 Å². The predicted molar refractivity (Wildman–Crippen MR) is 118 cm³/mol. The average molecular weight is 430 g/mol. The number of aromatic nitrogens is 2. The third-order valence-corrected chi connectivity index (χ3v) is 5.28. The smallest absolute Gasteiger partial charge is 0.266 e. The number of carbonyl (C=O) groups is 1. The van der Waals surface area contributed by atoms with Crippen LogP contribution in [0.4, 0.5) is 4.39 Å². The molecule has 0 N–H and O–H groups in total. The normalized spacial score (nSPS) is 12.4. The van der Waals surface area contributed by atoms with E-state index in [1.165, 1.54) is 22.8 Å². The summed E-state index contributed by atoms with van der Waals surface area (Å²) in [6, 6.07) is 10.7. The van der Waals surface area contributed by atoms with Crippen molar-refractivity contribution in [2.24, 2.45) is 5.92 Å². The minimum atomic E-state index is -0.570. The Kier molecular flexibility index (Phi) is 6.56. The van der Waals surface area contributed by atoms with Gasteiger partial charge in [0.15, 0.2) is 0 Å². The molecule has 0 fully saturated rings. The Labute approximate surface area is 180 Å². The fraction of sp³-hybridized carbons (Fsp3) is 0.348. The van der Waals surface area contributed by atoms with E-state index in [2.05, 4.69) is 0 Å². The Hall–Kier alpha value is -2.73. The highest BCUT2D eigenvalue weighted by Gasteiger charge is 2.26. The van der Waals surface area contributed by atoms with Crippen LogP contribution in [0.1, 0.15) is 46.0 Å². The third kappa shape index (κ3) is 4.24. The van der Waals surface area contributed by atoms with Crippen LogP contribution in [-0.2, 0) is 4.79 Å². The van der Waals surface area contributed by atoms with Crippen LogP contribution in [0.2, 0.25) is 5.02 Å². The molecule has 0 saturated carbocycles. The number of amides is 1. The molecule has 1 heterocycles. The first-order valence-electron chi connectivity index (χ1n) is 10.0. The molecule has 1 aromatic heterocycles. The molecule has 1 atom stereocenters. The quantitative estimate of drug-likeness (QED) is 0.545. The fourth-order valence-electron chi connectivity index (χ4n) is 3.52. The van der Waals surface area contributed by atoms with E-state index in [0.29, 0.717) is 35.4 Å².